The number of benzene rings is 1. The fourth-order valence-electron chi connectivity index (χ4n) is 3.96. The molecule has 1 saturated carbocycles. The second kappa shape index (κ2) is 9.71. The molecular weight excluding hydrogens is 432 g/mol. The highest BCUT2D eigenvalue weighted by Crippen LogP contribution is 2.25. The fraction of sp³-hybridized carbons (Fsp3) is 0.632. The van der Waals surface area contributed by atoms with E-state index in [1.54, 1.807) is 0 Å². The summed E-state index contributed by atoms with van der Waals surface area (Å²) in [5, 5.41) is 13.4. The van der Waals surface area contributed by atoms with Crippen molar-refractivity contribution in [1.82, 2.24) is 10.2 Å². The number of nitrogens with zero attached hydrogens (tertiary/aromatic N) is 2. The van der Waals surface area contributed by atoms with Crippen LogP contribution in [0.2, 0.25) is 0 Å². The largest absolute Gasteiger partial charge is 0.393 e. The highest BCUT2D eigenvalue weighted by atomic mass is 127. The lowest BCUT2D eigenvalue weighted by molar-refractivity contribution is 0.134. The zero-order chi connectivity index (χ0) is 16.9. The van der Waals surface area contributed by atoms with Crippen LogP contribution in [0, 0.1) is 17.7 Å². The fourth-order valence-corrected chi connectivity index (χ4v) is 3.96. The number of nitrogens with one attached hydrogen (secondary N) is 1. The standard InChI is InChI=1S/C19H28FN3O.HI/c1-21-19(22-12-16-3-2-4-18(16)24)23-10-9-15(13-23)11-14-5-7-17(20)8-6-14;/h5-8,15-16,18,24H,2-4,9-13H2,1H3,(H,21,22);1H. The molecule has 0 bridgehead atoms. The van der Waals surface area contributed by atoms with Gasteiger partial charge in [0.15, 0.2) is 5.96 Å². The Morgan fingerprint density at radius 3 is 2.68 bits per heavy atom. The molecule has 3 atom stereocenters. The van der Waals surface area contributed by atoms with Crippen LogP contribution in [0.4, 0.5) is 4.39 Å². The van der Waals surface area contributed by atoms with Gasteiger partial charge in [-0.05, 0) is 49.3 Å². The maximum absolute atomic E-state index is 13.0. The first-order valence-corrected chi connectivity index (χ1v) is 9.04. The summed E-state index contributed by atoms with van der Waals surface area (Å²) in [6.07, 6.45) is 5.09. The van der Waals surface area contributed by atoms with Crippen molar-refractivity contribution < 1.29 is 9.50 Å². The molecule has 140 valence electrons. The third-order valence-corrected chi connectivity index (χ3v) is 5.38. The van der Waals surface area contributed by atoms with E-state index in [4.69, 9.17) is 0 Å². The molecule has 1 aromatic carbocycles. The molecule has 2 aliphatic rings. The lowest BCUT2D eigenvalue weighted by atomic mass is 9.99. The van der Waals surface area contributed by atoms with Crippen molar-refractivity contribution in [3.05, 3.63) is 35.6 Å². The van der Waals surface area contributed by atoms with Gasteiger partial charge < -0.3 is 15.3 Å². The summed E-state index contributed by atoms with van der Waals surface area (Å²) in [5.41, 5.74) is 1.19. The Bertz CT molecular complexity index is 566. The smallest absolute Gasteiger partial charge is 0.193 e. The van der Waals surface area contributed by atoms with Crippen LogP contribution in [0.25, 0.3) is 0 Å². The van der Waals surface area contributed by atoms with Crippen LogP contribution in [0.5, 0.6) is 0 Å². The lowest BCUT2D eigenvalue weighted by Gasteiger charge is -2.24. The topological polar surface area (TPSA) is 47.9 Å². The first kappa shape index (κ1) is 20.4. The molecule has 6 heteroatoms. The van der Waals surface area contributed by atoms with Crippen LogP contribution in [-0.4, -0.2) is 48.8 Å². The number of aliphatic hydroxyl groups is 1. The molecule has 3 rings (SSSR count). The zero-order valence-corrected chi connectivity index (χ0v) is 17.2. The molecule has 1 heterocycles. The van der Waals surface area contributed by atoms with Crippen LogP contribution in [-0.2, 0) is 6.42 Å². The molecule has 0 radical (unpaired) electrons. The van der Waals surface area contributed by atoms with E-state index in [1.165, 1.54) is 17.7 Å². The summed E-state index contributed by atoms with van der Waals surface area (Å²) in [7, 11) is 1.82. The number of aliphatic imine (C=N–C) groups is 1. The van der Waals surface area contributed by atoms with Crippen LogP contribution in [0.15, 0.2) is 29.3 Å². The first-order valence-electron chi connectivity index (χ1n) is 9.04. The highest BCUT2D eigenvalue weighted by Gasteiger charge is 2.28. The molecule has 0 amide bonds. The van der Waals surface area contributed by atoms with Crippen molar-refractivity contribution in [2.75, 3.05) is 26.7 Å². The molecule has 3 unspecified atom stereocenters. The Balaban J connectivity index is 0.00000225. The van der Waals surface area contributed by atoms with E-state index in [1.807, 2.05) is 19.2 Å². The second-order valence-corrected chi connectivity index (χ2v) is 7.12. The average Bonchev–Trinajstić information content (AvgIpc) is 3.20. The molecule has 1 aliphatic carbocycles. The third kappa shape index (κ3) is 5.54. The minimum absolute atomic E-state index is 0. The van der Waals surface area contributed by atoms with Gasteiger partial charge in [-0.3, -0.25) is 4.99 Å². The number of hydrogen-bond donors (Lipinski definition) is 2. The normalized spacial score (nSPS) is 26.6. The zero-order valence-electron chi connectivity index (χ0n) is 14.8. The Morgan fingerprint density at radius 2 is 2.04 bits per heavy atom. The van der Waals surface area contributed by atoms with Crippen molar-refractivity contribution in [2.45, 2.75) is 38.2 Å². The quantitative estimate of drug-likeness (QED) is 0.412. The SMILES string of the molecule is CN=C(NCC1CCCC1O)N1CCC(Cc2ccc(F)cc2)C1.I. The van der Waals surface area contributed by atoms with Crippen molar-refractivity contribution in [3.63, 3.8) is 0 Å². The first-order chi connectivity index (χ1) is 11.7. The molecular formula is C19H29FIN3O. The molecule has 0 aromatic heterocycles. The van der Waals surface area contributed by atoms with Crippen LogP contribution < -0.4 is 5.32 Å². The van der Waals surface area contributed by atoms with Crippen molar-refractivity contribution >= 4 is 29.9 Å². The summed E-state index contributed by atoms with van der Waals surface area (Å²) < 4.78 is 13.0. The molecule has 0 spiro atoms. The maximum Gasteiger partial charge on any atom is 0.193 e. The predicted octanol–water partition coefficient (Wildman–Crippen LogP) is 3.04. The minimum atomic E-state index is -0.175. The highest BCUT2D eigenvalue weighted by molar-refractivity contribution is 14.0. The van der Waals surface area contributed by atoms with Gasteiger partial charge in [-0.25, -0.2) is 4.39 Å². The molecule has 1 aromatic rings. The Labute approximate surface area is 166 Å². The van der Waals surface area contributed by atoms with E-state index in [0.717, 1.165) is 57.7 Å². The van der Waals surface area contributed by atoms with Crippen LogP contribution in [0.3, 0.4) is 0 Å². The third-order valence-electron chi connectivity index (χ3n) is 5.38. The van der Waals surface area contributed by atoms with E-state index in [-0.39, 0.29) is 35.9 Å². The summed E-state index contributed by atoms with van der Waals surface area (Å²) in [6, 6.07) is 6.84. The number of guanidine groups is 1. The van der Waals surface area contributed by atoms with Gasteiger partial charge in [-0.2, -0.15) is 0 Å². The van der Waals surface area contributed by atoms with Crippen molar-refractivity contribution in [1.29, 1.82) is 0 Å². The lowest BCUT2D eigenvalue weighted by Crippen LogP contribution is -2.43. The minimum Gasteiger partial charge on any atom is -0.393 e. The van der Waals surface area contributed by atoms with Gasteiger partial charge >= 0.3 is 0 Å². The van der Waals surface area contributed by atoms with Crippen molar-refractivity contribution in [2.24, 2.45) is 16.8 Å². The molecule has 4 nitrogen and oxygen atoms in total. The van der Waals surface area contributed by atoms with Crippen LogP contribution in [0.1, 0.15) is 31.2 Å². The number of likely N-dealkylation sites (tertiary alicyclic amines) is 1. The average molecular weight is 461 g/mol. The van der Waals surface area contributed by atoms with Crippen molar-refractivity contribution in [3.8, 4) is 0 Å². The Morgan fingerprint density at radius 1 is 1.28 bits per heavy atom. The Hall–Kier alpha value is -0.890. The maximum atomic E-state index is 13.0. The molecule has 2 N–H and O–H groups in total. The summed E-state index contributed by atoms with van der Waals surface area (Å²) in [5.74, 6) is 1.69. The molecule has 25 heavy (non-hydrogen) atoms. The monoisotopic (exact) mass is 461 g/mol. The molecule has 1 aliphatic heterocycles. The Kier molecular flexibility index (Phi) is 7.93. The molecule has 1 saturated heterocycles. The van der Waals surface area contributed by atoms with Gasteiger partial charge in [0, 0.05) is 32.6 Å². The van der Waals surface area contributed by atoms with Gasteiger partial charge in [0.2, 0.25) is 0 Å². The summed E-state index contributed by atoms with van der Waals surface area (Å²) in [6.45, 7) is 2.77. The summed E-state index contributed by atoms with van der Waals surface area (Å²) in [4.78, 5) is 6.71. The van der Waals surface area contributed by atoms with E-state index in [0.29, 0.717) is 11.8 Å². The van der Waals surface area contributed by atoms with E-state index in [2.05, 4.69) is 15.2 Å². The van der Waals surface area contributed by atoms with E-state index in [9.17, 15) is 9.50 Å². The predicted molar refractivity (Wildman–Crippen MR) is 110 cm³/mol. The van der Waals surface area contributed by atoms with Gasteiger partial charge in [-0.1, -0.05) is 18.6 Å². The number of halogens is 2. The number of hydrogen-bond acceptors (Lipinski definition) is 2. The molecule has 2 fully saturated rings. The number of rotatable bonds is 4. The van der Waals surface area contributed by atoms with E-state index < -0.39 is 0 Å². The van der Waals surface area contributed by atoms with Gasteiger partial charge in [0.1, 0.15) is 5.82 Å². The van der Waals surface area contributed by atoms with Gasteiger partial charge in [-0.15, -0.1) is 24.0 Å². The van der Waals surface area contributed by atoms with E-state index >= 15 is 0 Å². The second-order valence-electron chi connectivity index (χ2n) is 7.12. The van der Waals surface area contributed by atoms with Gasteiger partial charge in [0.25, 0.3) is 0 Å². The number of aliphatic hydroxyl groups excluding tert-OH is 1. The van der Waals surface area contributed by atoms with Crippen LogP contribution >= 0.6 is 24.0 Å². The van der Waals surface area contributed by atoms with Gasteiger partial charge in [0.05, 0.1) is 6.10 Å². The summed E-state index contributed by atoms with van der Waals surface area (Å²) >= 11 is 0.